The number of urea groups is 1. The molecule has 3 saturated heterocycles. The zero-order valence-electron chi connectivity index (χ0n) is 15.2. The molecular weight excluding hydrogens is 330 g/mol. The van der Waals surface area contributed by atoms with Gasteiger partial charge in [-0.15, -0.1) is 0 Å². The minimum atomic E-state index is -0.0553. The van der Waals surface area contributed by atoms with Crippen LogP contribution in [0, 0.1) is 5.41 Å². The largest absolute Gasteiger partial charge is 0.381 e. The van der Waals surface area contributed by atoms with Crippen LogP contribution in [0.5, 0.6) is 0 Å². The number of para-hydroxylation sites is 1. The molecule has 0 radical (unpaired) electrons. The van der Waals surface area contributed by atoms with Crippen LogP contribution < -0.4 is 5.32 Å². The third-order valence-electron chi connectivity index (χ3n) is 6.10. The van der Waals surface area contributed by atoms with Gasteiger partial charge in [-0.1, -0.05) is 18.2 Å². The molecule has 3 fully saturated rings. The van der Waals surface area contributed by atoms with Crippen molar-refractivity contribution in [3.05, 3.63) is 30.3 Å². The van der Waals surface area contributed by atoms with Crippen LogP contribution in [0.3, 0.4) is 0 Å². The molecular formula is C20H27N3O3. The SMILES string of the molecule is O=C(Nc1ccccc1)N1CCC(N2CC3(CCOC3)CCC2=O)CC1. The van der Waals surface area contributed by atoms with Gasteiger partial charge in [-0.3, -0.25) is 4.79 Å². The van der Waals surface area contributed by atoms with Crippen LogP contribution in [0.15, 0.2) is 30.3 Å². The molecule has 1 atom stereocenters. The molecule has 6 heteroatoms. The average molecular weight is 357 g/mol. The molecule has 0 bridgehead atoms. The summed E-state index contributed by atoms with van der Waals surface area (Å²) in [6.07, 6.45) is 4.36. The van der Waals surface area contributed by atoms with Crippen molar-refractivity contribution in [2.45, 2.75) is 38.1 Å². The third-order valence-corrected chi connectivity index (χ3v) is 6.10. The van der Waals surface area contributed by atoms with Crippen molar-refractivity contribution in [3.63, 3.8) is 0 Å². The monoisotopic (exact) mass is 357 g/mol. The molecule has 1 aromatic rings. The maximum absolute atomic E-state index is 12.5. The number of nitrogens with zero attached hydrogens (tertiary/aromatic N) is 2. The van der Waals surface area contributed by atoms with Crippen molar-refractivity contribution in [1.82, 2.24) is 9.80 Å². The quantitative estimate of drug-likeness (QED) is 0.885. The summed E-state index contributed by atoms with van der Waals surface area (Å²) in [7, 11) is 0. The third kappa shape index (κ3) is 3.56. The van der Waals surface area contributed by atoms with E-state index >= 15 is 0 Å². The molecule has 1 aromatic carbocycles. The zero-order valence-corrected chi connectivity index (χ0v) is 15.2. The fourth-order valence-electron chi connectivity index (χ4n) is 4.45. The molecule has 0 aliphatic carbocycles. The molecule has 3 heterocycles. The standard InChI is InChI=1S/C20H27N3O3/c24-18-6-9-20(10-13-26-15-20)14-23(18)17-7-11-22(12-8-17)19(25)21-16-4-2-1-3-5-16/h1-5,17H,6-15H2,(H,21,25). The first-order chi connectivity index (χ1) is 12.7. The van der Waals surface area contributed by atoms with Crippen LogP contribution in [0.2, 0.25) is 0 Å². The van der Waals surface area contributed by atoms with Gasteiger partial charge in [0.15, 0.2) is 0 Å². The van der Waals surface area contributed by atoms with E-state index in [2.05, 4.69) is 10.2 Å². The maximum atomic E-state index is 12.5. The number of ether oxygens (including phenoxy) is 1. The number of benzene rings is 1. The van der Waals surface area contributed by atoms with E-state index in [0.717, 1.165) is 51.1 Å². The van der Waals surface area contributed by atoms with Crippen LogP contribution in [-0.2, 0) is 9.53 Å². The van der Waals surface area contributed by atoms with Gasteiger partial charge in [-0.25, -0.2) is 4.79 Å². The van der Waals surface area contributed by atoms with Crippen LogP contribution in [-0.4, -0.2) is 60.6 Å². The molecule has 140 valence electrons. The summed E-state index contributed by atoms with van der Waals surface area (Å²) in [5, 5.41) is 2.94. The number of carbonyl (C=O) groups is 2. The first-order valence-electron chi connectivity index (χ1n) is 9.63. The number of hydrogen-bond acceptors (Lipinski definition) is 3. The molecule has 6 nitrogen and oxygen atoms in total. The van der Waals surface area contributed by atoms with E-state index in [1.807, 2.05) is 35.2 Å². The van der Waals surface area contributed by atoms with Gasteiger partial charge in [0.05, 0.1) is 6.61 Å². The zero-order chi connectivity index (χ0) is 18.0. The molecule has 3 aliphatic heterocycles. The van der Waals surface area contributed by atoms with E-state index in [-0.39, 0.29) is 23.4 Å². The molecule has 3 amide bonds. The summed E-state index contributed by atoms with van der Waals surface area (Å²) in [6, 6.07) is 9.72. The number of piperidine rings is 2. The van der Waals surface area contributed by atoms with Gasteiger partial charge in [-0.05, 0) is 37.8 Å². The fraction of sp³-hybridized carbons (Fsp3) is 0.600. The molecule has 0 aromatic heterocycles. The molecule has 3 aliphatic rings. The van der Waals surface area contributed by atoms with Gasteiger partial charge in [-0.2, -0.15) is 0 Å². The number of anilines is 1. The van der Waals surface area contributed by atoms with E-state index in [1.54, 1.807) is 0 Å². The topological polar surface area (TPSA) is 61.9 Å². The van der Waals surface area contributed by atoms with Crippen LogP contribution in [0.4, 0.5) is 10.5 Å². The minimum Gasteiger partial charge on any atom is -0.381 e. The summed E-state index contributed by atoms with van der Waals surface area (Å²) in [6.45, 7) is 3.81. The first-order valence-corrected chi connectivity index (χ1v) is 9.63. The van der Waals surface area contributed by atoms with Crippen molar-refractivity contribution in [2.24, 2.45) is 5.41 Å². The Morgan fingerprint density at radius 1 is 1.15 bits per heavy atom. The molecule has 0 saturated carbocycles. The van der Waals surface area contributed by atoms with E-state index in [9.17, 15) is 9.59 Å². The van der Waals surface area contributed by atoms with Crippen molar-refractivity contribution in [2.75, 3.05) is 38.2 Å². The highest BCUT2D eigenvalue weighted by Gasteiger charge is 2.44. The summed E-state index contributed by atoms with van der Waals surface area (Å²) < 4.78 is 5.61. The summed E-state index contributed by atoms with van der Waals surface area (Å²) in [5.41, 5.74) is 0.990. The van der Waals surface area contributed by atoms with Crippen LogP contribution >= 0.6 is 0 Å². The number of nitrogens with one attached hydrogen (secondary N) is 1. The van der Waals surface area contributed by atoms with E-state index < -0.39 is 0 Å². The molecule has 1 unspecified atom stereocenters. The molecule has 26 heavy (non-hydrogen) atoms. The van der Waals surface area contributed by atoms with Crippen molar-refractivity contribution < 1.29 is 14.3 Å². The highest BCUT2D eigenvalue weighted by molar-refractivity contribution is 5.89. The fourth-order valence-corrected chi connectivity index (χ4v) is 4.45. The Labute approximate surface area is 154 Å². The second-order valence-corrected chi connectivity index (χ2v) is 7.84. The molecule has 1 N–H and O–H groups in total. The minimum absolute atomic E-state index is 0.0553. The van der Waals surface area contributed by atoms with E-state index in [0.29, 0.717) is 19.5 Å². The number of hydrogen-bond donors (Lipinski definition) is 1. The smallest absolute Gasteiger partial charge is 0.321 e. The van der Waals surface area contributed by atoms with Gasteiger partial charge >= 0.3 is 6.03 Å². The Morgan fingerprint density at radius 2 is 1.92 bits per heavy atom. The Morgan fingerprint density at radius 3 is 2.62 bits per heavy atom. The first kappa shape index (κ1) is 17.3. The summed E-state index contributed by atoms with van der Waals surface area (Å²) >= 11 is 0. The Bertz CT molecular complexity index is 650. The van der Waals surface area contributed by atoms with Crippen molar-refractivity contribution in [3.8, 4) is 0 Å². The van der Waals surface area contributed by atoms with Crippen LogP contribution in [0.25, 0.3) is 0 Å². The Balaban J connectivity index is 1.32. The van der Waals surface area contributed by atoms with Gasteiger partial charge < -0.3 is 19.9 Å². The lowest BCUT2D eigenvalue weighted by atomic mass is 9.78. The van der Waals surface area contributed by atoms with Gasteiger partial charge in [0.1, 0.15) is 0 Å². The van der Waals surface area contributed by atoms with Gasteiger partial charge in [0, 0.05) is 49.8 Å². The lowest BCUT2D eigenvalue weighted by Gasteiger charge is -2.45. The highest BCUT2D eigenvalue weighted by atomic mass is 16.5. The Kier molecular flexibility index (Phi) is 4.85. The van der Waals surface area contributed by atoms with Crippen molar-refractivity contribution >= 4 is 17.6 Å². The highest BCUT2D eigenvalue weighted by Crippen LogP contribution is 2.39. The van der Waals surface area contributed by atoms with Crippen LogP contribution in [0.1, 0.15) is 32.1 Å². The van der Waals surface area contributed by atoms with E-state index in [4.69, 9.17) is 4.74 Å². The average Bonchev–Trinajstić information content (AvgIpc) is 3.13. The number of likely N-dealkylation sites (tertiary alicyclic amines) is 2. The Hall–Kier alpha value is -2.08. The van der Waals surface area contributed by atoms with Gasteiger partial charge in [0.25, 0.3) is 0 Å². The number of amides is 3. The normalized spacial score (nSPS) is 27.2. The lowest BCUT2D eigenvalue weighted by Crippen LogP contribution is -2.55. The second kappa shape index (κ2) is 7.27. The predicted octanol–water partition coefficient (Wildman–Crippen LogP) is 2.71. The van der Waals surface area contributed by atoms with E-state index in [1.165, 1.54) is 0 Å². The predicted molar refractivity (Wildman–Crippen MR) is 98.9 cm³/mol. The van der Waals surface area contributed by atoms with Gasteiger partial charge in [0.2, 0.25) is 5.91 Å². The van der Waals surface area contributed by atoms with Crippen molar-refractivity contribution in [1.29, 1.82) is 0 Å². The summed E-state index contributed by atoms with van der Waals surface area (Å²) in [5.74, 6) is 0.273. The maximum Gasteiger partial charge on any atom is 0.321 e. The second-order valence-electron chi connectivity index (χ2n) is 7.84. The summed E-state index contributed by atoms with van der Waals surface area (Å²) in [4.78, 5) is 28.9. The molecule has 4 rings (SSSR count). The molecule has 1 spiro atoms. The number of rotatable bonds is 2. The lowest BCUT2D eigenvalue weighted by molar-refractivity contribution is -0.141. The number of carbonyl (C=O) groups excluding carboxylic acids is 2.